The first-order valence-electron chi connectivity index (χ1n) is 5.53. The normalized spacial score (nSPS) is 11.2. The Morgan fingerprint density at radius 2 is 1.65 bits per heavy atom. The second-order valence-corrected chi connectivity index (χ2v) is 4.83. The van der Waals surface area contributed by atoms with E-state index < -0.39 is 11.6 Å². The first-order valence-corrected chi connectivity index (χ1v) is 6.29. The highest BCUT2D eigenvalue weighted by Gasteiger charge is 2.10. The Bertz CT molecular complexity index is 733. The number of allylic oxidation sites excluding steroid dienone is 1. The molecule has 0 aliphatic carbocycles. The molecule has 0 saturated carbocycles. The summed E-state index contributed by atoms with van der Waals surface area (Å²) in [6.45, 7) is 0. The molecule has 0 radical (unpaired) electrons. The summed E-state index contributed by atoms with van der Waals surface area (Å²) in [6, 6.07) is 9.70. The Labute approximate surface area is 124 Å². The average Bonchev–Trinajstić information content (AvgIpc) is 2.40. The number of benzene rings is 2. The molecule has 5 heteroatoms. The summed E-state index contributed by atoms with van der Waals surface area (Å²) in [6.07, 6.45) is 1.24. The smallest absolute Gasteiger partial charge is 0.133 e. The third-order valence-corrected chi connectivity index (χ3v) is 3.07. The van der Waals surface area contributed by atoms with E-state index in [1.165, 1.54) is 36.4 Å². The summed E-state index contributed by atoms with van der Waals surface area (Å²) < 4.78 is 27.4. The molecule has 0 heterocycles. The van der Waals surface area contributed by atoms with Gasteiger partial charge < -0.3 is 0 Å². The molecule has 0 fully saturated rings. The molecule has 2 aromatic carbocycles. The van der Waals surface area contributed by atoms with Crippen LogP contribution in [0.3, 0.4) is 0 Å². The lowest BCUT2D eigenvalue weighted by molar-refractivity contribution is 0.623. The molecule has 0 aliphatic rings. The first-order chi connectivity index (χ1) is 9.51. The lowest BCUT2D eigenvalue weighted by Crippen LogP contribution is -1.89. The van der Waals surface area contributed by atoms with Gasteiger partial charge in [0.15, 0.2) is 0 Å². The summed E-state index contributed by atoms with van der Waals surface area (Å²) in [5, 5.41) is 9.67. The average molecular weight is 310 g/mol. The number of nitrogens with zero attached hydrogens (tertiary/aromatic N) is 1. The number of halogens is 4. The highest BCUT2D eigenvalue weighted by Crippen LogP contribution is 2.25. The highest BCUT2D eigenvalue weighted by molar-refractivity contribution is 6.31. The van der Waals surface area contributed by atoms with Crippen LogP contribution in [-0.2, 0) is 0 Å². The van der Waals surface area contributed by atoms with E-state index in [0.29, 0.717) is 5.02 Å². The summed E-state index contributed by atoms with van der Waals surface area (Å²) in [7, 11) is 0. The van der Waals surface area contributed by atoms with Crippen molar-refractivity contribution in [2.24, 2.45) is 0 Å². The van der Waals surface area contributed by atoms with Crippen molar-refractivity contribution in [3.8, 4) is 6.07 Å². The number of hydrogen-bond donors (Lipinski definition) is 0. The zero-order valence-corrected chi connectivity index (χ0v) is 11.5. The van der Waals surface area contributed by atoms with E-state index in [0.717, 1.165) is 6.07 Å². The van der Waals surface area contributed by atoms with Crippen molar-refractivity contribution >= 4 is 34.9 Å². The van der Waals surface area contributed by atoms with Gasteiger partial charge in [0.05, 0.1) is 11.6 Å². The Morgan fingerprint density at radius 1 is 1.00 bits per heavy atom. The van der Waals surface area contributed by atoms with E-state index in [9.17, 15) is 8.78 Å². The molecule has 1 nitrogen and oxygen atoms in total. The van der Waals surface area contributed by atoms with Crippen molar-refractivity contribution in [2.75, 3.05) is 0 Å². The second kappa shape index (κ2) is 6.04. The summed E-state index contributed by atoms with van der Waals surface area (Å²) >= 11 is 11.4. The van der Waals surface area contributed by atoms with Gasteiger partial charge in [-0.05, 0) is 42.5 Å². The minimum Gasteiger partial charge on any atom is -0.206 e. The van der Waals surface area contributed by atoms with Gasteiger partial charge in [-0.25, -0.2) is 8.78 Å². The van der Waals surface area contributed by atoms with Gasteiger partial charge in [0.2, 0.25) is 0 Å². The number of hydrogen-bond acceptors (Lipinski definition) is 1. The van der Waals surface area contributed by atoms with E-state index in [2.05, 4.69) is 0 Å². The topological polar surface area (TPSA) is 23.8 Å². The van der Waals surface area contributed by atoms with Crippen molar-refractivity contribution in [1.82, 2.24) is 0 Å². The van der Waals surface area contributed by atoms with E-state index >= 15 is 0 Å². The molecule has 0 atom stereocenters. The Morgan fingerprint density at radius 3 is 2.30 bits per heavy atom. The SMILES string of the molecule is N#C/C(=C\c1cc(Cl)ccc1F)c1ccc(Cl)cc1F. The number of nitriles is 1. The lowest BCUT2D eigenvalue weighted by atomic mass is 10.0. The molecule has 0 spiro atoms. The van der Waals surface area contributed by atoms with Gasteiger partial charge in [-0.3, -0.25) is 0 Å². The fraction of sp³-hybridized carbons (Fsp3) is 0. The third-order valence-electron chi connectivity index (χ3n) is 2.60. The van der Waals surface area contributed by atoms with Crippen LogP contribution >= 0.6 is 23.2 Å². The molecule has 0 unspecified atom stereocenters. The van der Waals surface area contributed by atoms with Crippen molar-refractivity contribution in [3.63, 3.8) is 0 Å². The van der Waals surface area contributed by atoms with Gasteiger partial charge in [-0.2, -0.15) is 5.26 Å². The lowest BCUT2D eigenvalue weighted by Gasteiger charge is -2.03. The molecule has 0 amide bonds. The van der Waals surface area contributed by atoms with Gasteiger partial charge in [-0.1, -0.05) is 23.2 Å². The second-order valence-electron chi connectivity index (χ2n) is 3.96. The molecule has 2 aromatic rings. The molecule has 0 aliphatic heterocycles. The fourth-order valence-electron chi connectivity index (χ4n) is 1.66. The molecule has 20 heavy (non-hydrogen) atoms. The van der Waals surface area contributed by atoms with Crippen molar-refractivity contribution in [2.45, 2.75) is 0 Å². The van der Waals surface area contributed by atoms with Gasteiger partial charge >= 0.3 is 0 Å². The van der Waals surface area contributed by atoms with E-state index in [1.54, 1.807) is 0 Å². The first kappa shape index (κ1) is 14.5. The maximum atomic E-state index is 13.8. The van der Waals surface area contributed by atoms with E-state index in [-0.39, 0.29) is 21.7 Å². The summed E-state index contributed by atoms with van der Waals surface area (Å²) in [5.41, 5.74) is 0.153. The van der Waals surface area contributed by atoms with E-state index in [1.807, 2.05) is 6.07 Å². The van der Waals surface area contributed by atoms with Crippen molar-refractivity contribution < 1.29 is 8.78 Å². The van der Waals surface area contributed by atoms with Gasteiger partial charge in [0, 0.05) is 21.2 Å². The standard InChI is InChI=1S/C15H7Cl2F2N/c16-11-2-4-14(18)9(6-11)5-10(8-20)13-3-1-12(17)7-15(13)19/h1-7H/b10-5+. The predicted molar refractivity (Wildman–Crippen MR) is 76.3 cm³/mol. The van der Waals surface area contributed by atoms with Gasteiger partial charge in [0.25, 0.3) is 0 Å². The van der Waals surface area contributed by atoms with E-state index in [4.69, 9.17) is 28.5 Å². The molecular formula is C15H7Cl2F2N. The van der Waals surface area contributed by atoms with Crippen LogP contribution in [0.1, 0.15) is 11.1 Å². The van der Waals surface area contributed by atoms with Crippen LogP contribution in [0, 0.1) is 23.0 Å². The van der Waals surface area contributed by atoms with Crippen LogP contribution in [0.5, 0.6) is 0 Å². The molecule has 0 aromatic heterocycles. The molecule has 0 bridgehead atoms. The van der Waals surface area contributed by atoms with Crippen LogP contribution in [0.4, 0.5) is 8.78 Å². The van der Waals surface area contributed by atoms with Crippen molar-refractivity contribution in [1.29, 1.82) is 5.26 Å². The van der Waals surface area contributed by atoms with Crippen LogP contribution in [-0.4, -0.2) is 0 Å². The fourth-order valence-corrected chi connectivity index (χ4v) is 2.00. The zero-order chi connectivity index (χ0) is 14.7. The largest absolute Gasteiger partial charge is 0.206 e. The predicted octanol–water partition coefficient (Wildman–Crippen LogP) is 5.34. The highest BCUT2D eigenvalue weighted by atomic mass is 35.5. The van der Waals surface area contributed by atoms with Crippen LogP contribution in [0.2, 0.25) is 10.0 Å². The van der Waals surface area contributed by atoms with Gasteiger partial charge in [-0.15, -0.1) is 0 Å². The molecule has 0 N–H and O–H groups in total. The van der Waals surface area contributed by atoms with Crippen molar-refractivity contribution in [3.05, 3.63) is 69.2 Å². The maximum Gasteiger partial charge on any atom is 0.133 e. The molecular weight excluding hydrogens is 303 g/mol. The van der Waals surface area contributed by atoms with Crippen LogP contribution in [0.15, 0.2) is 36.4 Å². The Balaban J connectivity index is 2.55. The quantitative estimate of drug-likeness (QED) is 0.543. The van der Waals surface area contributed by atoms with Crippen LogP contribution < -0.4 is 0 Å². The third kappa shape index (κ3) is 3.16. The molecule has 100 valence electrons. The Hall–Kier alpha value is -1.89. The zero-order valence-electron chi connectivity index (χ0n) is 10.0. The minimum absolute atomic E-state index is 0.0136. The Kier molecular flexibility index (Phi) is 4.39. The number of rotatable bonds is 2. The van der Waals surface area contributed by atoms with Crippen LogP contribution in [0.25, 0.3) is 11.6 Å². The summed E-state index contributed by atoms with van der Waals surface area (Å²) in [4.78, 5) is 0. The monoisotopic (exact) mass is 309 g/mol. The molecule has 2 rings (SSSR count). The van der Waals surface area contributed by atoms with Gasteiger partial charge in [0.1, 0.15) is 11.6 Å². The summed E-state index contributed by atoms with van der Waals surface area (Å²) in [5.74, 6) is -1.19. The maximum absolute atomic E-state index is 13.8. The molecule has 0 saturated heterocycles. The minimum atomic E-state index is -0.646.